The van der Waals surface area contributed by atoms with Gasteiger partial charge in [0.25, 0.3) is 0 Å². The van der Waals surface area contributed by atoms with Crippen LogP contribution in [0.25, 0.3) is 0 Å². The van der Waals surface area contributed by atoms with E-state index in [0.29, 0.717) is 0 Å². The molecule has 3 nitrogen and oxygen atoms in total. The molecule has 0 atom stereocenters. The van der Waals surface area contributed by atoms with E-state index in [4.69, 9.17) is 9.84 Å². The highest BCUT2D eigenvalue weighted by Gasteiger charge is 2.02. The van der Waals surface area contributed by atoms with Gasteiger partial charge in [-0.1, -0.05) is 13.8 Å². The Kier molecular flexibility index (Phi) is 16.2. The van der Waals surface area contributed by atoms with Crippen LogP contribution in [0.15, 0.2) is 0 Å². The number of likely N-dealkylation sites (N-methyl/N-ethyl adjacent to an activating group) is 1. The molecule has 0 saturated carbocycles. The number of morpholine rings is 1. The van der Waals surface area contributed by atoms with Gasteiger partial charge in [0.15, 0.2) is 0 Å². The lowest BCUT2D eigenvalue weighted by atomic mass is 10.5. The van der Waals surface area contributed by atoms with Crippen LogP contribution in [0.1, 0.15) is 20.8 Å². The molecule has 1 saturated heterocycles. The summed E-state index contributed by atoms with van der Waals surface area (Å²) in [4.78, 5) is 2.27. The lowest BCUT2D eigenvalue weighted by Gasteiger charge is -2.21. The van der Waals surface area contributed by atoms with Gasteiger partial charge >= 0.3 is 0 Å². The van der Waals surface area contributed by atoms with E-state index in [-0.39, 0.29) is 6.61 Å². The van der Waals surface area contributed by atoms with Crippen LogP contribution >= 0.6 is 0 Å². The van der Waals surface area contributed by atoms with E-state index < -0.39 is 0 Å². The Morgan fingerprint density at radius 2 is 1.58 bits per heavy atom. The van der Waals surface area contributed by atoms with Crippen molar-refractivity contribution < 1.29 is 9.84 Å². The lowest BCUT2D eigenvalue weighted by molar-refractivity contribution is 0.0503. The van der Waals surface area contributed by atoms with E-state index in [1.54, 1.807) is 6.92 Å². The molecule has 1 heterocycles. The van der Waals surface area contributed by atoms with Crippen molar-refractivity contribution in [2.45, 2.75) is 20.8 Å². The minimum atomic E-state index is 0.250. The summed E-state index contributed by atoms with van der Waals surface area (Å²) in [7, 11) is 2.11. The van der Waals surface area contributed by atoms with Crippen molar-refractivity contribution in [2.75, 3.05) is 40.0 Å². The van der Waals surface area contributed by atoms with Crippen LogP contribution < -0.4 is 0 Å². The number of aliphatic hydroxyl groups is 1. The van der Waals surface area contributed by atoms with Gasteiger partial charge in [-0.15, -0.1) is 0 Å². The van der Waals surface area contributed by atoms with Gasteiger partial charge in [0.1, 0.15) is 0 Å². The maximum absolute atomic E-state index is 7.57. The van der Waals surface area contributed by atoms with Gasteiger partial charge in [-0.2, -0.15) is 0 Å². The Morgan fingerprint density at radius 3 is 1.75 bits per heavy atom. The number of nitrogens with zero attached hydrogens (tertiary/aromatic N) is 1. The summed E-state index contributed by atoms with van der Waals surface area (Å²) >= 11 is 0. The molecule has 0 bridgehead atoms. The van der Waals surface area contributed by atoms with Crippen molar-refractivity contribution >= 4 is 0 Å². The molecule has 0 aliphatic carbocycles. The van der Waals surface area contributed by atoms with Crippen LogP contribution in [0.5, 0.6) is 0 Å². The van der Waals surface area contributed by atoms with E-state index in [1.165, 1.54) is 0 Å². The standard InChI is InChI=1S/C5H11NO.C2H6O.C2H6/c1-6-2-4-7-5-3-6;1-2-3;1-2/h2-5H2,1H3;3H,2H2,1H3;1-2H3. The van der Waals surface area contributed by atoms with Crippen LogP contribution in [0.4, 0.5) is 0 Å². The van der Waals surface area contributed by atoms with Crippen LogP contribution in [-0.2, 0) is 4.74 Å². The highest BCUT2D eigenvalue weighted by molar-refractivity contribution is 4.53. The number of ether oxygens (including phenoxy) is 1. The van der Waals surface area contributed by atoms with Crippen LogP contribution in [0, 0.1) is 0 Å². The van der Waals surface area contributed by atoms with E-state index >= 15 is 0 Å². The van der Waals surface area contributed by atoms with Crippen molar-refractivity contribution in [3.8, 4) is 0 Å². The van der Waals surface area contributed by atoms with Crippen LogP contribution in [0.2, 0.25) is 0 Å². The molecule has 1 N–H and O–H groups in total. The number of aliphatic hydroxyl groups excluding tert-OH is 1. The summed E-state index contributed by atoms with van der Waals surface area (Å²) in [5.74, 6) is 0. The SMILES string of the molecule is CC.CCO.CN1CCOCC1. The Labute approximate surface area is 76.3 Å². The third-order valence-electron chi connectivity index (χ3n) is 1.23. The third-order valence-corrected chi connectivity index (χ3v) is 1.23. The minimum absolute atomic E-state index is 0.250. The van der Waals surface area contributed by atoms with E-state index in [0.717, 1.165) is 26.3 Å². The minimum Gasteiger partial charge on any atom is -0.397 e. The summed E-state index contributed by atoms with van der Waals surface area (Å²) in [6, 6.07) is 0. The molecule has 0 unspecified atom stereocenters. The molecule has 12 heavy (non-hydrogen) atoms. The molecule has 76 valence electrons. The van der Waals surface area contributed by atoms with Crippen molar-refractivity contribution in [3.63, 3.8) is 0 Å². The molecular weight excluding hydrogens is 154 g/mol. The van der Waals surface area contributed by atoms with Gasteiger partial charge in [-0.25, -0.2) is 0 Å². The molecule has 1 aliphatic heterocycles. The van der Waals surface area contributed by atoms with Gasteiger partial charge in [0, 0.05) is 19.7 Å². The highest BCUT2D eigenvalue weighted by atomic mass is 16.5. The first-order valence-electron chi connectivity index (χ1n) is 4.68. The van der Waals surface area contributed by atoms with Gasteiger partial charge in [-0.05, 0) is 14.0 Å². The second-order valence-corrected chi connectivity index (χ2v) is 2.23. The first-order valence-corrected chi connectivity index (χ1v) is 4.68. The maximum Gasteiger partial charge on any atom is 0.0594 e. The lowest BCUT2D eigenvalue weighted by Crippen LogP contribution is -2.32. The van der Waals surface area contributed by atoms with Crippen LogP contribution in [-0.4, -0.2) is 50.0 Å². The van der Waals surface area contributed by atoms with Crippen molar-refractivity contribution in [2.24, 2.45) is 0 Å². The Morgan fingerprint density at radius 1 is 1.25 bits per heavy atom. The Balaban J connectivity index is 0. The molecule has 1 fully saturated rings. The first-order chi connectivity index (χ1) is 5.81. The summed E-state index contributed by atoms with van der Waals surface area (Å²) in [6.07, 6.45) is 0. The zero-order chi connectivity index (χ0) is 9.82. The van der Waals surface area contributed by atoms with Crippen molar-refractivity contribution in [1.82, 2.24) is 4.90 Å². The molecule has 0 aromatic carbocycles. The maximum atomic E-state index is 7.57. The van der Waals surface area contributed by atoms with Gasteiger partial charge in [-0.3, -0.25) is 0 Å². The Hall–Kier alpha value is -0.120. The molecule has 0 radical (unpaired) electrons. The van der Waals surface area contributed by atoms with Gasteiger partial charge in [0.2, 0.25) is 0 Å². The second kappa shape index (κ2) is 13.5. The summed E-state index contributed by atoms with van der Waals surface area (Å²) < 4.78 is 5.10. The van der Waals surface area contributed by atoms with E-state index in [9.17, 15) is 0 Å². The largest absolute Gasteiger partial charge is 0.397 e. The van der Waals surface area contributed by atoms with E-state index in [1.807, 2.05) is 13.8 Å². The molecule has 1 rings (SSSR count). The summed E-state index contributed by atoms with van der Waals surface area (Å²) in [6.45, 7) is 9.95. The first kappa shape index (κ1) is 14.4. The van der Waals surface area contributed by atoms with Gasteiger partial charge in [0.05, 0.1) is 13.2 Å². The highest BCUT2D eigenvalue weighted by Crippen LogP contribution is 1.89. The topological polar surface area (TPSA) is 32.7 Å². The summed E-state index contributed by atoms with van der Waals surface area (Å²) in [5, 5.41) is 7.57. The van der Waals surface area contributed by atoms with E-state index in [2.05, 4.69) is 11.9 Å². The molecule has 3 heteroatoms. The molecule has 0 aromatic heterocycles. The fourth-order valence-corrected chi connectivity index (χ4v) is 0.655. The van der Waals surface area contributed by atoms with Gasteiger partial charge < -0.3 is 14.7 Å². The predicted molar refractivity (Wildman–Crippen MR) is 52.4 cm³/mol. The van der Waals surface area contributed by atoms with Crippen molar-refractivity contribution in [1.29, 1.82) is 0 Å². The van der Waals surface area contributed by atoms with Crippen LogP contribution in [0.3, 0.4) is 0 Å². The summed E-state index contributed by atoms with van der Waals surface area (Å²) in [5.41, 5.74) is 0. The molecule has 1 aliphatic rings. The number of hydrogen-bond donors (Lipinski definition) is 1. The number of hydrogen-bond acceptors (Lipinski definition) is 3. The second-order valence-electron chi connectivity index (χ2n) is 2.23. The quantitative estimate of drug-likeness (QED) is 0.598. The zero-order valence-electron chi connectivity index (χ0n) is 8.84. The molecular formula is C9H23NO2. The molecule has 0 spiro atoms. The number of rotatable bonds is 0. The average Bonchev–Trinajstić information content (AvgIpc) is 2.11. The zero-order valence-corrected chi connectivity index (χ0v) is 8.84. The third kappa shape index (κ3) is 12.5. The average molecular weight is 177 g/mol. The smallest absolute Gasteiger partial charge is 0.0594 e. The molecule has 0 aromatic rings. The molecule has 0 amide bonds. The fourth-order valence-electron chi connectivity index (χ4n) is 0.655. The normalized spacial score (nSPS) is 16.8. The van der Waals surface area contributed by atoms with Crippen molar-refractivity contribution in [3.05, 3.63) is 0 Å². The fraction of sp³-hybridized carbons (Fsp3) is 1.00. The monoisotopic (exact) mass is 177 g/mol. The predicted octanol–water partition coefficient (Wildman–Crippen LogP) is 0.973. The Bertz CT molecular complexity index is 63.5.